The highest BCUT2D eigenvalue weighted by Gasteiger charge is 2.49. The van der Waals surface area contributed by atoms with Crippen LogP contribution in [0, 0.1) is 20.8 Å². The molecular weight excluding hydrogens is 488 g/mol. The number of thiazole rings is 1. The van der Waals surface area contributed by atoms with Gasteiger partial charge in [-0.25, -0.2) is 4.98 Å². The summed E-state index contributed by atoms with van der Waals surface area (Å²) in [4.78, 5) is 33.3. The smallest absolute Gasteiger partial charge is 0.301 e. The molecular formula is C29H26N2O5S. The second-order valence-electron chi connectivity index (χ2n) is 9.07. The van der Waals surface area contributed by atoms with Crippen molar-refractivity contribution in [2.24, 2.45) is 0 Å². The molecule has 1 amide bonds. The molecule has 4 aromatic rings. The zero-order chi connectivity index (χ0) is 26.4. The number of fused-ring (bicyclic) bond motifs is 1. The van der Waals surface area contributed by atoms with E-state index in [1.54, 1.807) is 30.3 Å². The molecule has 8 heteroatoms. The molecule has 5 rings (SSSR count). The lowest BCUT2D eigenvalue weighted by Gasteiger charge is -2.25. The minimum atomic E-state index is -0.978. The van der Waals surface area contributed by atoms with Crippen molar-refractivity contribution in [2.75, 3.05) is 19.1 Å². The lowest BCUT2D eigenvalue weighted by Crippen LogP contribution is -2.29. The summed E-state index contributed by atoms with van der Waals surface area (Å²) >= 11 is 1.33. The summed E-state index contributed by atoms with van der Waals surface area (Å²) in [5, 5.41) is 11.8. The zero-order valence-electron chi connectivity index (χ0n) is 21.2. The topological polar surface area (TPSA) is 89.0 Å². The molecule has 1 atom stereocenters. The van der Waals surface area contributed by atoms with Gasteiger partial charge in [0.05, 0.1) is 30.0 Å². The second kappa shape index (κ2) is 9.37. The fourth-order valence-corrected chi connectivity index (χ4v) is 5.87. The highest BCUT2D eigenvalue weighted by molar-refractivity contribution is 7.22. The molecule has 0 aliphatic carbocycles. The van der Waals surface area contributed by atoms with Crippen molar-refractivity contribution in [3.63, 3.8) is 0 Å². The number of hydrogen-bond donors (Lipinski definition) is 1. The molecule has 7 nitrogen and oxygen atoms in total. The van der Waals surface area contributed by atoms with Gasteiger partial charge in [-0.1, -0.05) is 47.2 Å². The summed E-state index contributed by atoms with van der Waals surface area (Å²) < 4.78 is 12.0. The molecule has 1 N–H and O–H groups in total. The Balaban J connectivity index is 1.80. The number of ether oxygens (including phenoxy) is 2. The number of aryl methyl sites for hydroxylation is 3. The van der Waals surface area contributed by atoms with Crippen LogP contribution in [0.5, 0.6) is 11.5 Å². The molecule has 0 bridgehead atoms. The predicted molar refractivity (Wildman–Crippen MR) is 145 cm³/mol. The lowest BCUT2D eigenvalue weighted by atomic mass is 9.94. The molecule has 1 aliphatic rings. The van der Waals surface area contributed by atoms with E-state index in [2.05, 4.69) is 0 Å². The quantitative estimate of drug-likeness (QED) is 0.204. The van der Waals surface area contributed by atoms with E-state index in [0.29, 0.717) is 27.8 Å². The Morgan fingerprint density at radius 3 is 2.35 bits per heavy atom. The van der Waals surface area contributed by atoms with Crippen molar-refractivity contribution in [3.05, 3.63) is 88.0 Å². The molecule has 1 saturated heterocycles. The number of amides is 1. The van der Waals surface area contributed by atoms with Gasteiger partial charge in [-0.05, 0) is 56.2 Å². The number of hydrogen-bond acceptors (Lipinski definition) is 7. The van der Waals surface area contributed by atoms with Gasteiger partial charge in [-0.3, -0.25) is 14.5 Å². The van der Waals surface area contributed by atoms with Crippen LogP contribution in [0.25, 0.3) is 16.0 Å². The summed E-state index contributed by atoms with van der Waals surface area (Å²) in [5.74, 6) is -0.853. The van der Waals surface area contributed by atoms with Crippen LogP contribution in [-0.4, -0.2) is 36.0 Å². The van der Waals surface area contributed by atoms with Crippen LogP contribution in [0.15, 0.2) is 60.2 Å². The van der Waals surface area contributed by atoms with Gasteiger partial charge in [0.25, 0.3) is 5.78 Å². The second-order valence-corrected chi connectivity index (χ2v) is 10.1. The number of methoxy groups -OCH3 is 2. The first-order valence-electron chi connectivity index (χ1n) is 11.7. The number of rotatable bonds is 5. The van der Waals surface area contributed by atoms with Crippen LogP contribution in [0.1, 0.15) is 33.9 Å². The van der Waals surface area contributed by atoms with Crippen molar-refractivity contribution in [3.8, 4) is 11.5 Å². The van der Waals surface area contributed by atoms with Crippen LogP contribution in [0.3, 0.4) is 0 Å². The number of aliphatic hydroxyl groups is 1. The molecule has 1 aliphatic heterocycles. The number of aliphatic hydroxyl groups excluding tert-OH is 1. The Morgan fingerprint density at radius 2 is 1.68 bits per heavy atom. The largest absolute Gasteiger partial charge is 0.507 e. The number of Topliss-reactive ketones (excluding diaryl/α,β-unsaturated/α-hetero) is 1. The average molecular weight is 515 g/mol. The fraction of sp³-hybridized carbons (Fsp3) is 0.207. The van der Waals surface area contributed by atoms with Crippen LogP contribution in [-0.2, 0) is 9.59 Å². The normalized spacial score (nSPS) is 17.0. The highest BCUT2D eigenvalue weighted by atomic mass is 32.1. The van der Waals surface area contributed by atoms with Gasteiger partial charge in [-0.15, -0.1) is 0 Å². The summed E-state index contributed by atoms with van der Waals surface area (Å²) in [6, 6.07) is 15.3. The van der Waals surface area contributed by atoms with Crippen LogP contribution >= 0.6 is 11.3 Å². The van der Waals surface area contributed by atoms with Crippen LogP contribution < -0.4 is 14.4 Å². The monoisotopic (exact) mass is 514 g/mol. The summed E-state index contributed by atoms with van der Waals surface area (Å²) in [6.45, 7) is 5.90. The third-order valence-corrected chi connectivity index (χ3v) is 7.53. The van der Waals surface area contributed by atoms with Gasteiger partial charge in [0, 0.05) is 11.1 Å². The van der Waals surface area contributed by atoms with E-state index in [4.69, 9.17) is 14.5 Å². The number of carbonyl (C=O) groups excluding carboxylic acids is 2. The summed E-state index contributed by atoms with van der Waals surface area (Å²) in [6.07, 6.45) is 0. The maximum Gasteiger partial charge on any atom is 0.301 e. The molecule has 0 spiro atoms. The molecule has 0 unspecified atom stereocenters. The number of benzene rings is 3. The van der Waals surface area contributed by atoms with Gasteiger partial charge in [0.2, 0.25) is 0 Å². The third kappa shape index (κ3) is 4.13. The van der Waals surface area contributed by atoms with Gasteiger partial charge in [0.15, 0.2) is 5.13 Å². The van der Waals surface area contributed by atoms with Crippen molar-refractivity contribution >= 4 is 44.1 Å². The fourth-order valence-electron chi connectivity index (χ4n) is 4.71. The Hall–Kier alpha value is -4.17. The first-order chi connectivity index (χ1) is 17.7. The summed E-state index contributed by atoms with van der Waals surface area (Å²) in [7, 11) is 3.05. The standard InChI is InChI=1S/C29H26N2O5S/c1-15-6-8-18(9-7-15)26(32)23-25(20-14-19(35-4)10-11-21(20)36-5)31(28(34)27(23)33)29-30-24-17(3)12-16(2)13-22(24)37-29/h6-14,25,32H,1-5H3/t25-/m1/s1. The van der Waals surface area contributed by atoms with E-state index >= 15 is 0 Å². The third-order valence-electron chi connectivity index (χ3n) is 6.53. The number of nitrogens with zero attached hydrogens (tertiary/aromatic N) is 2. The minimum absolute atomic E-state index is 0.0347. The maximum absolute atomic E-state index is 13.6. The first-order valence-corrected chi connectivity index (χ1v) is 12.5. The molecule has 1 fully saturated rings. The number of anilines is 1. The van der Waals surface area contributed by atoms with Crippen molar-refractivity contribution in [2.45, 2.75) is 26.8 Å². The number of carbonyl (C=O) groups is 2. The van der Waals surface area contributed by atoms with Crippen LogP contribution in [0.2, 0.25) is 0 Å². The molecule has 2 heterocycles. The number of aromatic nitrogens is 1. The average Bonchev–Trinajstić information content (AvgIpc) is 3.42. The Morgan fingerprint density at radius 1 is 0.946 bits per heavy atom. The molecule has 1 aromatic heterocycles. The van der Waals surface area contributed by atoms with Gasteiger partial charge in [-0.2, -0.15) is 0 Å². The van der Waals surface area contributed by atoms with Gasteiger partial charge >= 0.3 is 5.91 Å². The Labute approximate surface area is 218 Å². The van der Waals surface area contributed by atoms with E-state index in [0.717, 1.165) is 26.9 Å². The Bertz CT molecular complexity index is 1590. The van der Waals surface area contributed by atoms with E-state index in [1.165, 1.54) is 30.5 Å². The molecule has 3 aromatic carbocycles. The van der Waals surface area contributed by atoms with Gasteiger partial charge < -0.3 is 14.6 Å². The zero-order valence-corrected chi connectivity index (χ0v) is 22.0. The predicted octanol–water partition coefficient (Wildman–Crippen LogP) is 5.87. The van der Waals surface area contributed by atoms with E-state index in [-0.39, 0.29) is 11.3 Å². The summed E-state index contributed by atoms with van der Waals surface area (Å²) in [5.41, 5.74) is 4.73. The highest BCUT2D eigenvalue weighted by Crippen LogP contribution is 2.47. The first kappa shape index (κ1) is 24.5. The van der Waals surface area contributed by atoms with E-state index in [9.17, 15) is 14.7 Å². The number of ketones is 1. The van der Waals surface area contributed by atoms with E-state index < -0.39 is 17.7 Å². The lowest BCUT2D eigenvalue weighted by molar-refractivity contribution is -0.132. The molecule has 0 radical (unpaired) electrons. The van der Waals surface area contributed by atoms with Crippen molar-refractivity contribution in [1.29, 1.82) is 0 Å². The Kier molecular flexibility index (Phi) is 6.21. The van der Waals surface area contributed by atoms with Crippen LogP contribution in [0.4, 0.5) is 5.13 Å². The SMILES string of the molecule is COc1ccc(OC)c([C@@H]2C(=C(O)c3ccc(C)cc3)C(=O)C(=O)N2c2nc3c(C)cc(C)cc3s2)c1. The van der Waals surface area contributed by atoms with E-state index in [1.807, 2.05) is 45.0 Å². The molecule has 37 heavy (non-hydrogen) atoms. The van der Waals surface area contributed by atoms with Gasteiger partial charge in [0.1, 0.15) is 23.3 Å². The van der Waals surface area contributed by atoms with Crippen molar-refractivity contribution < 1.29 is 24.2 Å². The van der Waals surface area contributed by atoms with Crippen molar-refractivity contribution in [1.82, 2.24) is 4.98 Å². The minimum Gasteiger partial charge on any atom is -0.507 e. The molecule has 188 valence electrons. The molecule has 0 saturated carbocycles. The maximum atomic E-state index is 13.6.